The molecule has 5 nitrogen and oxygen atoms in total. The molecular formula is C21H22N4O. The second-order valence-electron chi connectivity index (χ2n) is 7.49. The molecule has 3 aromatic rings. The Balaban J connectivity index is 1.49. The second-order valence-corrected chi connectivity index (χ2v) is 7.49. The first-order valence-electron chi connectivity index (χ1n) is 9.48. The van der Waals surface area contributed by atoms with E-state index in [2.05, 4.69) is 10.2 Å². The van der Waals surface area contributed by atoms with Gasteiger partial charge in [0.2, 0.25) is 0 Å². The molecule has 2 fully saturated rings. The molecule has 5 rings (SSSR count). The first-order valence-corrected chi connectivity index (χ1v) is 9.48. The molecule has 1 saturated heterocycles. The Morgan fingerprint density at radius 3 is 2.81 bits per heavy atom. The number of carbonyl (C=O) groups excluding carboxylic acids is 1. The maximum absolute atomic E-state index is 13.4. The predicted molar refractivity (Wildman–Crippen MR) is 100 cm³/mol. The van der Waals surface area contributed by atoms with Gasteiger partial charge in [0, 0.05) is 47.9 Å². The van der Waals surface area contributed by atoms with Gasteiger partial charge >= 0.3 is 0 Å². The van der Waals surface area contributed by atoms with E-state index in [1.807, 2.05) is 41.3 Å². The van der Waals surface area contributed by atoms with E-state index in [9.17, 15) is 4.79 Å². The average Bonchev–Trinajstić information content (AvgIpc) is 3.40. The van der Waals surface area contributed by atoms with Crippen LogP contribution in [0.3, 0.4) is 0 Å². The Bertz CT molecular complexity index is 946. The van der Waals surface area contributed by atoms with E-state index in [1.165, 1.54) is 12.8 Å². The fourth-order valence-electron chi connectivity index (χ4n) is 4.04. The highest BCUT2D eigenvalue weighted by molar-refractivity contribution is 6.06. The molecule has 0 radical (unpaired) electrons. The molecule has 1 aliphatic carbocycles. The van der Waals surface area contributed by atoms with Crippen LogP contribution in [0, 0.1) is 0 Å². The van der Waals surface area contributed by atoms with Crippen LogP contribution in [0.1, 0.15) is 59.3 Å². The number of pyridine rings is 1. The molecule has 1 atom stereocenters. The number of piperidine rings is 1. The van der Waals surface area contributed by atoms with Crippen LogP contribution >= 0.6 is 0 Å². The van der Waals surface area contributed by atoms with Gasteiger partial charge in [-0.15, -0.1) is 0 Å². The molecule has 5 heteroatoms. The number of hydrogen-bond acceptors (Lipinski definition) is 3. The Morgan fingerprint density at radius 1 is 1.12 bits per heavy atom. The van der Waals surface area contributed by atoms with Crippen molar-refractivity contribution in [2.45, 2.75) is 37.5 Å². The minimum atomic E-state index is 0.134. The summed E-state index contributed by atoms with van der Waals surface area (Å²) in [5.41, 5.74) is 3.94. The molecule has 0 bridgehead atoms. The van der Waals surface area contributed by atoms with Crippen molar-refractivity contribution < 1.29 is 4.79 Å². The zero-order valence-corrected chi connectivity index (χ0v) is 14.7. The molecule has 1 N–H and O–H groups in total. The minimum absolute atomic E-state index is 0.134. The number of nitrogens with zero attached hydrogens (tertiary/aromatic N) is 3. The number of amides is 1. The lowest BCUT2D eigenvalue weighted by Gasteiger charge is -2.32. The molecule has 1 amide bonds. The normalized spacial score (nSPS) is 20.5. The van der Waals surface area contributed by atoms with Gasteiger partial charge in [-0.3, -0.25) is 14.9 Å². The molecule has 2 aliphatic rings. The highest BCUT2D eigenvalue weighted by atomic mass is 16.2. The topological polar surface area (TPSA) is 61.9 Å². The van der Waals surface area contributed by atoms with Gasteiger partial charge in [-0.1, -0.05) is 18.2 Å². The molecule has 1 aromatic carbocycles. The average molecular weight is 346 g/mol. The molecule has 26 heavy (non-hydrogen) atoms. The van der Waals surface area contributed by atoms with Crippen LogP contribution in [0.25, 0.3) is 10.9 Å². The number of carbonyl (C=O) groups is 1. The summed E-state index contributed by atoms with van der Waals surface area (Å²) >= 11 is 0. The molecule has 1 saturated carbocycles. The quantitative estimate of drug-likeness (QED) is 0.783. The zero-order chi connectivity index (χ0) is 17.5. The molecule has 0 unspecified atom stereocenters. The molecular weight excluding hydrogens is 324 g/mol. The van der Waals surface area contributed by atoms with Crippen LogP contribution < -0.4 is 0 Å². The van der Waals surface area contributed by atoms with E-state index in [0.717, 1.165) is 53.8 Å². The number of para-hydroxylation sites is 1. The second kappa shape index (κ2) is 6.24. The SMILES string of the molecule is O=C(c1cc(C2CC2)nc2ccccc12)N1CCC[C@@H](c2ccn[nH]2)C1. The molecule has 132 valence electrons. The van der Waals surface area contributed by atoms with Crippen molar-refractivity contribution in [2.75, 3.05) is 13.1 Å². The number of hydrogen-bond donors (Lipinski definition) is 1. The number of likely N-dealkylation sites (tertiary alicyclic amines) is 1. The lowest BCUT2D eigenvalue weighted by molar-refractivity contribution is 0.0707. The summed E-state index contributed by atoms with van der Waals surface area (Å²) in [5.74, 6) is 1.01. The molecule has 1 aliphatic heterocycles. The van der Waals surface area contributed by atoms with Gasteiger partial charge in [0.1, 0.15) is 0 Å². The van der Waals surface area contributed by atoms with Crippen LogP contribution in [0.4, 0.5) is 0 Å². The highest BCUT2D eigenvalue weighted by Crippen LogP contribution is 2.40. The van der Waals surface area contributed by atoms with Crippen LogP contribution in [0.5, 0.6) is 0 Å². The first-order chi connectivity index (χ1) is 12.8. The number of fused-ring (bicyclic) bond motifs is 1. The maximum atomic E-state index is 13.4. The Kier molecular flexibility index (Phi) is 3.73. The van der Waals surface area contributed by atoms with Gasteiger partial charge in [-0.25, -0.2) is 0 Å². The maximum Gasteiger partial charge on any atom is 0.254 e. The van der Waals surface area contributed by atoms with Crippen LogP contribution in [0.2, 0.25) is 0 Å². The van der Waals surface area contributed by atoms with Crippen LogP contribution in [-0.4, -0.2) is 39.1 Å². The third-order valence-corrected chi connectivity index (χ3v) is 5.63. The molecule has 2 aromatic heterocycles. The summed E-state index contributed by atoms with van der Waals surface area (Å²) in [4.78, 5) is 20.2. The summed E-state index contributed by atoms with van der Waals surface area (Å²) in [6, 6.07) is 12.1. The Labute approximate surface area is 152 Å². The monoisotopic (exact) mass is 346 g/mol. The smallest absolute Gasteiger partial charge is 0.254 e. The van der Waals surface area contributed by atoms with E-state index in [0.29, 0.717) is 11.8 Å². The summed E-state index contributed by atoms with van der Waals surface area (Å²) in [6.45, 7) is 1.56. The molecule has 0 spiro atoms. The van der Waals surface area contributed by atoms with Crippen molar-refractivity contribution in [1.29, 1.82) is 0 Å². The van der Waals surface area contributed by atoms with E-state index in [-0.39, 0.29) is 5.91 Å². The van der Waals surface area contributed by atoms with Crippen LogP contribution in [0.15, 0.2) is 42.6 Å². The van der Waals surface area contributed by atoms with Crippen molar-refractivity contribution in [1.82, 2.24) is 20.1 Å². The van der Waals surface area contributed by atoms with E-state index < -0.39 is 0 Å². The lowest BCUT2D eigenvalue weighted by Crippen LogP contribution is -2.39. The third-order valence-electron chi connectivity index (χ3n) is 5.63. The van der Waals surface area contributed by atoms with E-state index in [1.54, 1.807) is 6.20 Å². The van der Waals surface area contributed by atoms with E-state index >= 15 is 0 Å². The zero-order valence-electron chi connectivity index (χ0n) is 14.7. The fourth-order valence-corrected chi connectivity index (χ4v) is 4.04. The lowest BCUT2D eigenvalue weighted by atomic mass is 9.94. The summed E-state index contributed by atoms with van der Waals surface area (Å²) in [5, 5.41) is 8.10. The van der Waals surface area contributed by atoms with Crippen molar-refractivity contribution in [3.63, 3.8) is 0 Å². The summed E-state index contributed by atoms with van der Waals surface area (Å²) < 4.78 is 0. The fraction of sp³-hybridized carbons (Fsp3) is 0.381. The number of aromatic amines is 1. The third kappa shape index (κ3) is 2.77. The number of benzene rings is 1. The van der Waals surface area contributed by atoms with Gasteiger partial charge < -0.3 is 4.90 Å². The van der Waals surface area contributed by atoms with Gasteiger partial charge in [0.25, 0.3) is 5.91 Å². The number of nitrogens with one attached hydrogen (secondary N) is 1. The Morgan fingerprint density at radius 2 is 2.00 bits per heavy atom. The predicted octanol–water partition coefficient (Wildman–Crippen LogP) is 3.86. The Hall–Kier alpha value is -2.69. The van der Waals surface area contributed by atoms with Gasteiger partial charge in [0.15, 0.2) is 0 Å². The van der Waals surface area contributed by atoms with Crippen molar-refractivity contribution >= 4 is 16.8 Å². The van der Waals surface area contributed by atoms with Crippen LogP contribution in [-0.2, 0) is 0 Å². The summed E-state index contributed by atoms with van der Waals surface area (Å²) in [6.07, 6.45) is 6.27. The number of aromatic nitrogens is 3. The highest BCUT2D eigenvalue weighted by Gasteiger charge is 2.30. The first kappa shape index (κ1) is 15.6. The molecule has 3 heterocycles. The van der Waals surface area contributed by atoms with Crippen molar-refractivity contribution in [3.05, 3.63) is 59.5 Å². The van der Waals surface area contributed by atoms with Gasteiger partial charge in [-0.05, 0) is 43.9 Å². The summed E-state index contributed by atoms with van der Waals surface area (Å²) in [7, 11) is 0. The minimum Gasteiger partial charge on any atom is -0.338 e. The van der Waals surface area contributed by atoms with Gasteiger partial charge in [-0.2, -0.15) is 5.10 Å². The number of rotatable bonds is 3. The van der Waals surface area contributed by atoms with Crippen molar-refractivity contribution in [3.8, 4) is 0 Å². The van der Waals surface area contributed by atoms with Gasteiger partial charge in [0.05, 0.1) is 11.1 Å². The van der Waals surface area contributed by atoms with E-state index in [4.69, 9.17) is 4.98 Å². The standard InChI is InChI=1S/C21H22N4O/c26-21(25-11-3-4-15(13-25)18-9-10-22-24-18)17-12-20(14-7-8-14)23-19-6-2-1-5-16(17)19/h1-2,5-6,9-10,12,14-15H,3-4,7-8,11,13H2,(H,22,24)/t15-/m1/s1. The number of H-pyrrole nitrogens is 1. The largest absolute Gasteiger partial charge is 0.338 e. The van der Waals surface area contributed by atoms with Crippen molar-refractivity contribution in [2.24, 2.45) is 0 Å².